The molecule has 2 aliphatic rings. The van der Waals surface area contributed by atoms with E-state index in [1.165, 1.54) is 0 Å². The van der Waals surface area contributed by atoms with Crippen molar-refractivity contribution in [3.8, 4) is 0 Å². The fourth-order valence-electron chi connectivity index (χ4n) is 2.79. The summed E-state index contributed by atoms with van der Waals surface area (Å²) in [5.74, 6) is -0.690. The number of aliphatic hydroxyl groups is 1. The van der Waals surface area contributed by atoms with Gasteiger partial charge in [0.25, 0.3) is 0 Å². The van der Waals surface area contributed by atoms with E-state index in [2.05, 4.69) is 10.6 Å². The molecule has 1 aliphatic carbocycles. The Hall–Kier alpha value is -2.14. The summed E-state index contributed by atoms with van der Waals surface area (Å²) in [5, 5.41) is 14.5. The number of benzene rings is 1. The molecule has 1 atom stereocenters. The van der Waals surface area contributed by atoms with Gasteiger partial charge in [-0.15, -0.1) is 0 Å². The molecule has 1 aliphatic heterocycles. The lowest BCUT2D eigenvalue weighted by atomic mass is 9.92. The van der Waals surface area contributed by atoms with Crippen LogP contribution in [-0.2, 0) is 11.2 Å². The first-order valence-corrected chi connectivity index (χ1v) is 6.20. The molecule has 1 saturated heterocycles. The Balaban J connectivity index is 1.97. The second-order valence-electron chi connectivity index (χ2n) is 4.75. The summed E-state index contributed by atoms with van der Waals surface area (Å²) in [4.78, 5) is 23.0. The summed E-state index contributed by atoms with van der Waals surface area (Å²) >= 11 is 0. The molecule has 19 heavy (non-hydrogen) atoms. The standard InChI is InChI=1S/C14H14N2O3/c17-7-12-9-4-2-1-3-8(9)5-10(12)11-6-15-14(19)16-13(11)18/h1-4,11,17H,5-7H2,(H2,15,16,18,19). The van der Waals surface area contributed by atoms with Gasteiger partial charge >= 0.3 is 6.03 Å². The highest BCUT2D eigenvalue weighted by Crippen LogP contribution is 2.36. The number of amides is 3. The highest BCUT2D eigenvalue weighted by atomic mass is 16.3. The van der Waals surface area contributed by atoms with E-state index in [0.717, 1.165) is 22.3 Å². The zero-order valence-electron chi connectivity index (χ0n) is 10.3. The first-order valence-electron chi connectivity index (χ1n) is 6.20. The lowest BCUT2D eigenvalue weighted by Crippen LogP contribution is -2.52. The second kappa shape index (κ2) is 4.51. The predicted molar refractivity (Wildman–Crippen MR) is 69.2 cm³/mol. The molecule has 0 radical (unpaired) electrons. The van der Waals surface area contributed by atoms with Crippen molar-refractivity contribution in [1.29, 1.82) is 0 Å². The minimum atomic E-state index is -0.456. The third-order valence-corrected chi connectivity index (χ3v) is 3.71. The molecule has 0 bridgehead atoms. The molecule has 98 valence electrons. The van der Waals surface area contributed by atoms with Crippen molar-refractivity contribution in [2.45, 2.75) is 6.42 Å². The summed E-state index contributed by atoms with van der Waals surface area (Å²) in [6.45, 7) is 0.196. The van der Waals surface area contributed by atoms with Crippen LogP contribution in [0.3, 0.4) is 0 Å². The predicted octanol–water partition coefficient (Wildman–Crippen LogP) is 0.444. The summed E-state index contributed by atoms with van der Waals surface area (Å²) < 4.78 is 0. The number of hydrogen-bond acceptors (Lipinski definition) is 3. The summed E-state index contributed by atoms with van der Waals surface area (Å²) in [7, 11) is 0. The molecular weight excluding hydrogens is 244 g/mol. The molecule has 5 heteroatoms. The smallest absolute Gasteiger partial charge is 0.321 e. The van der Waals surface area contributed by atoms with Crippen molar-refractivity contribution >= 4 is 17.5 Å². The van der Waals surface area contributed by atoms with Crippen molar-refractivity contribution in [2.24, 2.45) is 5.92 Å². The number of rotatable bonds is 2. The molecule has 1 aromatic rings. The van der Waals surface area contributed by atoms with E-state index in [4.69, 9.17) is 0 Å². The van der Waals surface area contributed by atoms with Gasteiger partial charge < -0.3 is 10.4 Å². The van der Waals surface area contributed by atoms with Gasteiger partial charge in [0, 0.05) is 6.54 Å². The summed E-state index contributed by atoms with van der Waals surface area (Å²) in [5.41, 5.74) is 3.84. The third-order valence-electron chi connectivity index (χ3n) is 3.71. The second-order valence-corrected chi connectivity index (χ2v) is 4.75. The van der Waals surface area contributed by atoms with Crippen LogP contribution in [0.1, 0.15) is 11.1 Å². The topological polar surface area (TPSA) is 78.4 Å². The Morgan fingerprint density at radius 2 is 2.05 bits per heavy atom. The summed E-state index contributed by atoms with van der Waals surface area (Å²) in [6.07, 6.45) is 0.653. The molecule has 1 aromatic carbocycles. The van der Waals surface area contributed by atoms with Crippen LogP contribution < -0.4 is 10.6 Å². The first kappa shape index (κ1) is 11.9. The van der Waals surface area contributed by atoms with Crippen LogP contribution in [0.5, 0.6) is 0 Å². The van der Waals surface area contributed by atoms with Crippen molar-refractivity contribution in [3.63, 3.8) is 0 Å². The van der Waals surface area contributed by atoms with Gasteiger partial charge in [-0.05, 0) is 28.7 Å². The maximum Gasteiger partial charge on any atom is 0.321 e. The maximum atomic E-state index is 11.9. The van der Waals surface area contributed by atoms with Crippen molar-refractivity contribution in [1.82, 2.24) is 10.6 Å². The van der Waals surface area contributed by atoms with Crippen LogP contribution >= 0.6 is 0 Å². The van der Waals surface area contributed by atoms with E-state index in [9.17, 15) is 14.7 Å². The average Bonchev–Trinajstić information content (AvgIpc) is 2.76. The molecule has 1 unspecified atom stereocenters. The Bertz CT molecular complexity index is 592. The molecular formula is C14H14N2O3. The van der Waals surface area contributed by atoms with Crippen molar-refractivity contribution in [3.05, 3.63) is 41.0 Å². The molecule has 0 aromatic heterocycles. The molecule has 3 amide bonds. The van der Waals surface area contributed by atoms with Crippen LogP contribution in [-0.4, -0.2) is 30.2 Å². The molecule has 1 heterocycles. The molecule has 0 saturated carbocycles. The SMILES string of the molecule is O=C1NCC(C2=C(CO)c3ccccc3C2)C(=O)N1. The van der Waals surface area contributed by atoms with E-state index >= 15 is 0 Å². The summed E-state index contributed by atoms with van der Waals surface area (Å²) in [6, 6.07) is 7.35. The number of urea groups is 1. The highest BCUT2D eigenvalue weighted by molar-refractivity contribution is 6.00. The van der Waals surface area contributed by atoms with Gasteiger partial charge in [-0.25, -0.2) is 4.79 Å². The maximum absolute atomic E-state index is 11.9. The first-order chi connectivity index (χ1) is 9.20. The lowest BCUT2D eigenvalue weighted by molar-refractivity contribution is -0.123. The number of fused-ring (bicyclic) bond motifs is 1. The number of imide groups is 1. The fraction of sp³-hybridized carbons (Fsp3) is 0.286. The molecule has 3 rings (SSSR count). The van der Waals surface area contributed by atoms with Crippen LogP contribution in [0.2, 0.25) is 0 Å². The number of carbonyl (C=O) groups is 2. The molecule has 5 nitrogen and oxygen atoms in total. The molecule has 1 fully saturated rings. The normalized spacial score (nSPS) is 22.1. The number of carbonyl (C=O) groups excluding carboxylic acids is 2. The highest BCUT2D eigenvalue weighted by Gasteiger charge is 2.34. The molecule has 3 N–H and O–H groups in total. The Labute approximate surface area is 110 Å². The minimum absolute atomic E-state index is 0.0932. The zero-order valence-corrected chi connectivity index (χ0v) is 10.3. The number of nitrogens with one attached hydrogen (secondary N) is 2. The largest absolute Gasteiger partial charge is 0.392 e. The lowest BCUT2D eigenvalue weighted by Gasteiger charge is -2.24. The number of aliphatic hydroxyl groups excluding tert-OH is 1. The van der Waals surface area contributed by atoms with Crippen LogP contribution in [0, 0.1) is 5.92 Å². The molecule has 0 spiro atoms. The quantitative estimate of drug-likeness (QED) is 0.720. The average molecular weight is 258 g/mol. The van der Waals surface area contributed by atoms with Gasteiger partial charge in [-0.3, -0.25) is 10.1 Å². The van der Waals surface area contributed by atoms with E-state index in [0.29, 0.717) is 6.42 Å². The van der Waals surface area contributed by atoms with E-state index in [1.807, 2.05) is 24.3 Å². The van der Waals surface area contributed by atoms with Gasteiger partial charge in [-0.1, -0.05) is 24.3 Å². The van der Waals surface area contributed by atoms with Gasteiger partial charge in [0.1, 0.15) is 0 Å². The van der Waals surface area contributed by atoms with Gasteiger partial charge in [0.15, 0.2) is 0 Å². The Morgan fingerprint density at radius 1 is 1.26 bits per heavy atom. The number of hydrogen-bond donors (Lipinski definition) is 3. The van der Waals surface area contributed by atoms with Crippen molar-refractivity contribution < 1.29 is 14.7 Å². The van der Waals surface area contributed by atoms with Gasteiger partial charge in [0.05, 0.1) is 12.5 Å². The van der Waals surface area contributed by atoms with E-state index in [-0.39, 0.29) is 19.1 Å². The van der Waals surface area contributed by atoms with Crippen molar-refractivity contribution in [2.75, 3.05) is 13.2 Å². The van der Waals surface area contributed by atoms with Gasteiger partial charge in [-0.2, -0.15) is 0 Å². The van der Waals surface area contributed by atoms with E-state index < -0.39 is 11.9 Å². The Morgan fingerprint density at radius 3 is 2.79 bits per heavy atom. The van der Waals surface area contributed by atoms with Gasteiger partial charge in [0.2, 0.25) is 5.91 Å². The third kappa shape index (κ3) is 1.92. The Kier molecular flexibility index (Phi) is 2.83. The van der Waals surface area contributed by atoms with Crippen LogP contribution in [0.15, 0.2) is 29.8 Å². The zero-order chi connectivity index (χ0) is 13.4. The van der Waals surface area contributed by atoms with Crippen LogP contribution in [0.4, 0.5) is 4.79 Å². The minimum Gasteiger partial charge on any atom is -0.392 e. The monoisotopic (exact) mass is 258 g/mol. The fourth-order valence-corrected chi connectivity index (χ4v) is 2.79. The van der Waals surface area contributed by atoms with E-state index in [1.54, 1.807) is 0 Å². The van der Waals surface area contributed by atoms with Crippen LogP contribution in [0.25, 0.3) is 5.57 Å².